The molecule has 0 rings (SSSR count). The molecule has 0 N–H and O–H groups in total. The second kappa shape index (κ2) is 10.3. The first-order valence-corrected chi connectivity index (χ1v) is 11.4. The normalized spacial score (nSPS) is 15.1. The highest BCUT2D eigenvalue weighted by Crippen LogP contribution is 2.69. The molecular formula is C17H27F8OP. The van der Waals surface area contributed by atoms with E-state index in [9.17, 15) is 40.2 Å². The Morgan fingerprint density at radius 2 is 1.07 bits per heavy atom. The lowest BCUT2D eigenvalue weighted by Gasteiger charge is -2.35. The number of unbranched alkanes of at least 4 members (excludes halogenated alkanes) is 3. The molecule has 0 atom stereocenters. The van der Waals surface area contributed by atoms with Crippen molar-refractivity contribution in [3.8, 4) is 0 Å². The minimum absolute atomic E-state index is 0.0503. The van der Waals surface area contributed by atoms with Crippen molar-refractivity contribution in [1.82, 2.24) is 0 Å². The molecule has 0 heterocycles. The summed E-state index contributed by atoms with van der Waals surface area (Å²) in [7, 11) is -3.19. The van der Waals surface area contributed by atoms with Gasteiger partial charge in [0.15, 0.2) is 0 Å². The third-order valence-electron chi connectivity index (χ3n) is 4.46. The van der Waals surface area contributed by atoms with E-state index in [0.717, 1.165) is 0 Å². The molecule has 0 amide bonds. The zero-order chi connectivity index (χ0) is 21.5. The van der Waals surface area contributed by atoms with E-state index >= 15 is 0 Å². The molecule has 0 aromatic carbocycles. The monoisotopic (exact) mass is 430 g/mol. The number of hydrogen-bond acceptors (Lipinski definition) is 1. The average Bonchev–Trinajstić information content (AvgIpc) is 2.59. The summed E-state index contributed by atoms with van der Waals surface area (Å²) < 4.78 is 106. The van der Waals surface area contributed by atoms with Crippen molar-refractivity contribution in [2.75, 3.05) is 18.5 Å². The molecule has 0 saturated carbocycles. The van der Waals surface area contributed by atoms with Gasteiger partial charge >= 0.3 is 18.0 Å². The maximum absolute atomic E-state index is 14.9. The van der Waals surface area contributed by atoms with Crippen LogP contribution in [-0.4, -0.2) is 36.5 Å². The number of halogens is 8. The molecule has 1 nitrogen and oxygen atoms in total. The van der Waals surface area contributed by atoms with E-state index < -0.39 is 36.6 Å². The van der Waals surface area contributed by atoms with Gasteiger partial charge < -0.3 is 5.11 Å². The summed E-state index contributed by atoms with van der Waals surface area (Å²) in [5.41, 5.74) is -1.95. The number of alkyl halides is 7. The van der Waals surface area contributed by atoms with Crippen LogP contribution in [0.4, 0.5) is 35.1 Å². The van der Waals surface area contributed by atoms with Crippen molar-refractivity contribution in [2.45, 2.75) is 77.3 Å². The lowest BCUT2D eigenvalue weighted by Crippen LogP contribution is -2.55. The van der Waals surface area contributed by atoms with E-state index in [0.29, 0.717) is 38.5 Å². The molecule has 27 heavy (non-hydrogen) atoms. The fourth-order valence-electron chi connectivity index (χ4n) is 2.68. The highest BCUT2D eigenvalue weighted by Gasteiger charge is 2.73. The quantitative estimate of drug-likeness (QED) is 0.191. The van der Waals surface area contributed by atoms with Crippen LogP contribution in [0.5, 0.6) is 0 Å². The largest absolute Gasteiger partial charge is 0.867 e. The molecular weight excluding hydrogens is 403 g/mol. The molecule has 0 aromatic heterocycles. The minimum Gasteiger partial charge on any atom is -0.867 e. The summed E-state index contributed by atoms with van der Waals surface area (Å²) in [5, 5.41) is 11.9. The first-order valence-electron chi connectivity index (χ1n) is 9.01. The summed E-state index contributed by atoms with van der Waals surface area (Å²) in [6.45, 7) is 5.25. The van der Waals surface area contributed by atoms with Crippen molar-refractivity contribution in [3.63, 3.8) is 0 Å². The van der Waals surface area contributed by atoms with E-state index in [1.807, 2.05) is 0 Å². The smallest absolute Gasteiger partial charge is 0.460 e. The fraction of sp³-hybridized carbons (Fsp3) is 0.882. The Labute approximate surface area is 155 Å². The Balaban J connectivity index is 6.32. The second-order valence-corrected chi connectivity index (χ2v) is 10.7. The van der Waals surface area contributed by atoms with Crippen molar-refractivity contribution < 1.29 is 40.2 Å². The lowest BCUT2D eigenvalue weighted by atomic mass is 10.1. The van der Waals surface area contributed by atoms with Gasteiger partial charge in [0.1, 0.15) is 0 Å². The Hall–Kier alpha value is -0.590. The van der Waals surface area contributed by atoms with Gasteiger partial charge in [0, 0.05) is 5.76 Å². The maximum Gasteiger partial charge on any atom is 0.460 e. The van der Waals surface area contributed by atoms with Crippen LogP contribution in [0.25, 0.3) is 0 Å². The fourth-order valence-corrected chi connectivity index (χ4v) is 7.27. The minimum atomic E-state index is -6.66. The van der Waals surface area contributed by atoms with Crippen molar-refractivity contribution >= 4 is 7.26 Å². The number of allylic oxidation sites excluding steroid dienone is 1. The molecule has 0 aliphatic heterocycles. The standard InChI is InChI=1S/C17H27F8OP/c1-4-7-10-27(11-8-5-2,12-9-6-3)14(18)13(26)15(19,20)16(21,22)17(23,24)25/h4-12H2,1-3H3/b14-13-. The molecule has 0 aromatic rings. The van der Waals surface area contributed by atoms with Gasteiger partial charge in [0.25, 0.3) is 0 Å². The Morgan fingerprint density at radius 1 is 0.741 bits per heavy atom. The van der Waals surface area contributed by atoms with Gasteiger partial charge in [-0.3, -0.25) is 0 Å². The Morgan fingerprint density at radius 3 is 1.33 bits per heavy atom. The van der Waals surface area contributed by atoms with Gasteiger partial charge in [-0.2, -0.15) is 35.1 Å². The molecule has 0 aliphatic rings. The van der Waals surface area contributed by atoms with Crippen LogP contribution in [0.1, 0.15) is 59.3 Å². The summed E-state index contributed by atoms with van der Waals surface area (Å²) in [6, 6.07) is 0. The van der Waals surface area contributed by atoms with Gasteiger partial charge in [0.2, 0.25) is 5.57 Å². The molecule has 0 spiro atoms. The highest BCUT2D eigenvalue weighted by atomic mass is 31.2. The highest BCUT2D eigenvalue weighted by molar-refractivity contribution is 7.79. The van der Waals surface area contributed by atoms with Gasteiger partial charge in [0.05, 0.1) is 25.7 Å². The van der Waals surface area contributed by atoms with Crippen LogP contribution < -0.4 is 5.11 Å². The van der Waals surface area contributed by atoms with Crippen LogP contribution in [0.3, 0.4) is 0 Å². The van der Waals surface area contributed by atoms with Gasteiger partial charge in [-0.05, 0) is 19.3 Å². The number of rotatable bonds is 12. The lowest BCUT2D eigenvalue weighted by molar-refractivity contribution is -0.406. The summed E-state index contributed by atoms with van der Waals surface area (Å²) in [6.07, 6.45) is -3.72. The summed E-state index contributed by atoms with van der Waals surface area (Å²) in [5.74, 6) is -15.8. The Bertz CT molecular complexity index is 466. The van der Waals surface area contributed by atoms with Gasteiger partial charge in [-0.25, -0.2) is 0 Å². The van der Waals surface area contributed by atoms with E-state index in [1.54, 1.807) is 20.8 Å². The molecule has 162 valence electrons. The average molecular weight is 430 g/mol. The second-order valence-electron chi connectivity index (χ2n) is 6.64. The van der Waals surface area contributed by atoms with E-state index in [-0.39, 0.29) is 18.5 Å². The predicted molar refractivity (Wildman–Crippen MR) is 90.3 cm³/mol. The van der Waals surface area contributed by atoms with E-state index in [1.165, 1.54) is 0 Å². The van der Waals surface area contributed by atoms with Crippen LogP contribution >= 0.6 is 7.26 Å². The third kappa shape index (κ3) is 5.94. The van der Waals surface area contributed by atoms with Crippen molar-refractivity contribution in [3.05, 3.63) is 11.3 Å². The molecule has 0 bridgehead atoms. The molecule has 0 fully saturated rings. The molecule has 0 radical (unpaired) electrons. The summed E-state index contributed by atoms with van der Waals surface area (Å²) in [4.78, 5) is 0. The molecule has 0 saturated heterocycles. The van der Waals surface area contributed by atoms with E-state index in [4.69, 9.17) is 0 Å². The van der Waals surface area contributed by atoms with Crippen LogP contribution in [0, 0.1) is 0 Å². The molecule has 0 aliphatic carbocycles. The summed E-state index contributed by atoms with van der Waals surface area (Å²) >= 11 is 0. The first-order chi connectivity index (χ1) is 12.2. The topological polar surface area (TPSA) is 23.1 Å². The molecule has 0 unspecified atom stereocenters. The van der Waals surface area contributed by atoms with Gasteiger partial charge in [-0.1, -0.05) is 40.0 Å². The molecule has 10 heteroatoms. The third-order valence-corrected chi connectivity index (χ3v) is 9.01. The zero-order valence-corrected chi connectivity index (χ0v) is 16.6. The van der Waals surface area contributed by atoms with Crippen LogP contribution in [-0.2, 0) is 0 Å². The van der Waals surface area contributed by atoms with Crippen molar-refractivity contribution in [2.24, 2.45) is 0 Å². The van der Waals surface area contributed by atoms with Gasteiger partial charge in [-0.15, -0.1) is 0 Å². The Kier molecular flexibility index (Phi) is 10.0. The zero-order valence-electron chi connectivity index (χ0n) is 15.7. The SMILES string of the molecule is CCCC[P+](CCCC)(CCCC)/C(F)=C(\[O-])C(F)(F)C(F)(F)C(F)(F)F. The van der Waals surface area contributed by atoms with Crippen LogP contribution in [0.2, 0.25) is 0 Å². The van der Waals surface area contributed by atoms with E-state index in [2.05, 4.69) is 0 Å². The number of hydrogen-bond donors (Lipinski definition) is 0. The van der Waals surface area contributed by atoms with Crippen LogP contribution in [0.15, 0.2) is 11.3 Å². The maximum atomic E-state index is 14.9. The first kappa shape index (κ1) is 26.4. The predicted octanol–water partition coefficient (Wildman–Crippen LogP) is 6.74. The van der Waals surface area contributed by atoms with Crippen molar-refractivity contribution in [1.29, 1.82) is 0 Å².